The maximum Gasteiger partial charge on any atom is 0.278 e. The molecule has 19 heavy (non-hydrogen) atoms. The molecule has 2 N–H and O–H groups in total. The van der Waals surface area contributed by atoms with Gasteiger partial charge in [0.05, 0.1) is 11.4 Å². The summed E-state index contributed by atoms with van der Waals surface area (Å²) < 4.78 is 1.53. The van der Waals surface area contributed by atoms with Gasteiger partial charge in [-0.15, -0.1) is 0 Å². The summed E-state index contributed by atoms with van der Waals surface area (Å²) in [5.41, 5.74) is 9.38. The molecule has 2 aromatic rings. The third kappa shape index (κ3) is 2.31. The summed E-state index contributed by atoms with van der Waals surface area (Å²) in [7, 11) is 3.46. The Morgan fingerprint density at radius 3 is 2.58 bits per heavy atom. The van der Waals surface area contributed by atoms with Crippen LogP contribution in [0.5, 0.6) is 0 Å². The molecule has 1 aromatic carbocycles. The van der Waals surface area contributed by atoms with Crippen LogP contribution in [0.3, 0.4) is 0 Å². The Bertz CT molecular complexity index is 630. The van der Waals surface area contributed by atoms with Gasteiger partial charge in [0, 0.05) is 19.8 Å². The van der Waals surface area contributed by atoms with E-state index in [-0.39, 0.29) is 5.91 Å². The van der Waals surface area contributed by atoms with Gasteiger partial charge in [0.2, 0.25) is 0 Å². The molecule has 0 aliphatic carbocycles. The second-order valence-corrected chi connectivity index (χ2v) is 4.67. The van der Waals surface area contributed by atoms with Crippen molar-refractivity contribution < 1.29 is 4.79 Å². The van der Waals surface area contributed by atoms with Gasteiger partial charge in [-0.2, -0.15) is 5.10 Å². The Hall–Kier alpha value is -2.30. The zero-order chi connectivity index (χ0) is 14.2. The van der Waals surface area contributed by atoms with E-state index in [9.17, 15) is 4.79 Å². The standard InChI is InChI=1S/C14H18N4O/c1-9-6-5-7-11(8-9)17(3)14(19)13-12(15)10(2)16-18(13)4/h5-8H,15H2,1-4H3. The first kappa shape index (κ1) is 13.1. The first-order chi connectivity index (χ1) is 8.91. The van der Waals surface area contributed by atoms with E-state index in [4.69, 9.17) is 5.73 Å². The SMILES string of the molecule is Cc1cccc(N(C)C(=O)c2c(N)c(C)nn2C)c1. The van der Waals surface area contributed by atoms with Gasteiger partial charge in [-0.3, -0.25) is 9.48 Å². The van der Waals surface area contributed by atoms with Crippen LogP contribution in [-0.2, 0) is 7.05 Å². The maximum absolute atomic E-state index is 12.5. The number of hydrogen-bond donors (Lipinski definition) is 1. The quantitative estimate of drug-likeness (QED) is 0.894. The minimum atomic E-state index is -0.161. The lowest BCUT2D eigenvalue weighted by Crippen LogP contribution is -2.29. The molecule has 5 heteroatoms. The smallest absolute Gasteiger partial charge is 0.278 e. The van der Waals surface area contributed by atoms with Gasteiger partial charge in [-0.1, -0.05) is 12.1 Å². The van der Waals surface area contributed by atoms with Crippen LogP contribution in [0.4, 0.5) is 11.4 Å². The van der Waals surface area contributed by atoms with Crippen molar-refractivity contribution >= 4 is 17.3 Å². The summed E-state index contributed by atoms with van der Waals surface area (Å²) in [4.78, 5) is 14.1. The molecule has 0 aliphatic rings. The maximum atomic E-state index is 12.5. The number of amides is 1. The molecule has 0 saturated carbocycles. The number of rotatable bonds is 2. The lowest BCUT2D eigenvalue weighted by atomic mass is 10.2. The molecule has 0 saturated heterocycles. The van der Waals surface area contributed by atoms with Crippen LogP contribution in [0, 0.1) is 13.8 Å². The first-order valence-electron chi connectivity index (χ1n) is 6.05. The highest BCUT2D eigenvalue weighted by atomic mass is 16.2. The lowest BCUT2D eigenvalue weighted by Gasteiger charge is -2.18. The van der Waals surface area contributed by atoms with Gasteiger partial charge in [0.1, 0.15) is 5.69 Å². The van der Waals surface area contributed by atoms with Gasteiger partial charge >= 0.3 is 0 Å². The number of nitrogens with two attached hydrogens (primary N) is 1. The van der Waals surface area contributed by atoms with E-state index in [0.29, 0.717) is 17.1 Å². The van der Waals surface area contributed by atoms with Gasteiger partial charge in [-0.25, -0.2) is 0 Å². The molecule has 0 fully saturated rings. The minimum absolute atomic E-state index is 0.161. The van der Waals surface area contributed by atoms with Crippen LogP contribution in [0.1, 0.15) is 21.7 Å². The molecule has 1 amide bonds. The summed E-state index contributed by atoms with van der Waals surface area (Å²) in [5.74, 6) is -0.161. The molecule has 0 unspecified atom stereocenters. The number of carbonyl (C=O) groups excluding carboxylic acids is 1. The number of anilines is 2. The fraction of sp³-hybridized carbons (Fsp3) is 0.286. The molecular formula is C14H18N4O. The monoisotopic (exact) mass is 258 g/mol. The van der Waals surface area contributed by atoms with E-state index in [1.165, 1.54) is 4.68 Å². The van der Waals surface area contributed by atoms with Crippen LogP contribution < -0.4 is 10.6 Å². The van der Waals surface area contributed by atoms with E-state index >= 15 is 0 Å². The normalized spacial score (nSPS) is 10.5. The van der Waals surface area contributed by atoms with E-state index in [1.807, 2.05) is 31.2 Å². The van der Waals surface area contributed by atoms with Crippen molar-refractivity contribution in [3.63, 3.8) is 0 Å². The Kier molecular flexibility index (Phi) is 3.29. The number of aromatic nitrogens is 2. The average Bonchev–Trinajstić information content (AvgIpc) is 2.61. The second kappa shape index (κ2) is 4.76. The van der Waals surface area contributed by atoms with Gasteiger partial charge in [-0.05, 0) is 31.5 Å². The molecule has 0 atom stereocenters. The van der Waals surface area contributed by atoms with E-state index < -0.39 is 0 Å². The Balaban J connectivity index is 2.39. The molecule has 0 radical (unpaired) electrons. The molecule has 5 nitrogen and oxygen atoms in total. The Morgan fingerprint density at radius 1 is 1.37 bits per heavy atom. The third-order valence-corrected chi connectivity index (χ3v) is 3.16. The van der Waals surface area contributed by atoms with Crippen molar-refractivity contribution in [1.29, 1.82) is 0 Å². The summed E-state index contributed by atoms with van der Waals surface area (Å²) in [6.45, 7) is 3.78. The predicted octanol–water partition coefficient (Wildman–Crippen LogP) is 1.90. The fourth-order valence-corrected chi connectivity index (χ4v) is 2.04. The van der Waals surface area contributed by atoms with Crippen molar-refractivity contribution in [2.24, 2.45) is 7.05 Å². The minimum Gasteiger partial charge on any atom is -0.395 e. The van der Waals surface area contributed by atoms with E-state index in [0.717, 1.165) is 11.3 Å². The average molecular weight is 258 g/mol. The van der Waals surface area contributed by atoms with Crippen molar-refractivity contribution in [2.75, 3.05) is 17.7 Å². The van der Waals surface area contributed by atoms with Gasteiger partial charge < -0.3 is 10.6 Å². The molecule has 0 spiro atoms. The predicted molar refractivity (Wildman–Crippen MR) is 76.3 cm³/mol. The lowest BCUT2D eigenvalue weighted by molar-refractivity contribution is 0.0985. The molecule has 0 bridgehead atoms. The van der Waals surface area contributed by atoms with Crippen molar-refractivity contribution in [3.8, 4) is 0 Å². The number of nitrogens with zero attached hydrogens (tertiary/aromatic N) is 3. The van der Waals surface area contributed by atoms with Crippen LogP contribution in [0.25, 0.3) is 0 Å². The number of nitrogen functional groups attached to an aromatic ring is 1. The first-order valence-corrected chi connectivity index (χ1v) is 6.05. The zero-order valence-corrected chi connectivity index (χ0v) is 11.6. The summed E-state index contributed by atoms with van der Waals surface area (Å²) in [5, 5.41) is 4.17. The molecule has 1 aromatic heterocycles. The van der Waals surface area contributed by atoms with E-state index in [2.05, 4.69) is 5.10 Å². The highest BCUT2D eigenvalue weighted by Gasteiger charge is 2.22. The molecule has 2 rings (SSSR count). The van der Waals surface area contributed by atoms with Crippen LogP contribution >= 0.6 is 0 Å². The molecule has 0 aliphatic heterocycles. The van der Waals surface area contributed by atoms with E-state index in [1.54, 1.807) is 25.9 Å². The van der Waals surface area contributed by atoms with Gasteiger partial charge in [0.25, 0.3) is 5.91 Å². The molecule has 100 valence electrons. The van der Waals surface area contributed by atoms with Gasteiger partial charge in [0.15, 0.2) is 0 Å². The van der Waals surface area contributed by atoms with Crippen molar-refractivity contribution in [2.45, 2.75) is 13.8 Å². The largest absolute Gasteiger partial charge is 0.395 e. The highest BCUT2D eigenvalue weighted by Crippen LogP contribution is 2.21. The summed E-state index contributed by atoms with van der Waals surface area (Å²) in [6, 6.07) is 7.76. The van der Waals surface area contributed by atoms with Crippen LogP contribution in [-0.4, -0.2) is 22.7 Å². The van der Waals surface area contributed by atoms with Crippen molar-refractivity contribution in [3.05, 3.63) is 41.2 Å². The number of carbonyl (C=O) groups is 1. The molecule has 1 heterocycles. The van der Waals surface area contributed by atoms with Crippen LogP contribution in [0.15, 0.2) is 24.3 Å². The zero-order valence-electron chi connectivity index (χ0n) is 11.6. The summed E-state index contributed by atoms with van der Waals surface area (Å²) in [6.07, 6.45) is 0. The van der Waals surface area contributed by atoms with Crippen LogP contribution in [0.2, 0.25) is 0 Å². The Labute approximate surface area is 112 Å². The topological polar surface area (TPSA) is 64.2 Å². The highest BCUT2D eigenvalue weighted by molar-refractivity contribution is 6.08. The third-order valence-electron chi connectivity index (χ3n) is 3.16. The number of hydrogen-bond acceptors (Lipinski definition) is 3. The summed E-state index contributed by atoms with van der Waals surface area (Å²) >= 11 is 0. The number of aryl methyl sites for hydroxylation is 3. The molecular weight excluding hydrogens is 240 g/mol. The Morgan fingerprint density at radius 2 is 2.05 bits per heavy atom. The fourth-order valence-electron chi connectivity index (χ4n) is 2.04. The second-order valence-electron chi connectivity index (χ2n) is 4.67. The number of benzene rings is 1. The van der Waals surface area contributed by atoms with Crippen molar-refractivity contribution in [1.82, 2.24) is 9.78 Å².